The molecule has 0 radical (unpaired) electrons. The smallest absolute Gasteiger partial charge is 0.290 e. The Hall–Kier alpha value is -2.87. The van der Waals surface area contributed by atoms with Gasteiger partial charge in [0.1, 0.15) is 0 Å². The van der Waals surface area contributed by atoms with E-state index in [0.717, 1.165) is 11.3 Å². The second-order valence-electron chi connectivity index (χ2n) is 5.55. The van der Waals surface area contributed by atoms with Gasteiger partial charge in [-0.25, -0.2) is 0 Å². The van der Waals surface area contributed by atoms with Crippen molar-refractivity contribution in [2.24, 2.45) is 0 Å². The molecule has 0 saturated heterocycles. The van der Waals surface area contributed by atoms with E-state index < -0.39 is 10.1 Å². The molecule has 0 bridgehead atoms. The second kappa shape index (κ2) is 7.79. The lowest BCUT2D eigenvalue weighted by Crippen LogP contribution is -1.99. The summed E-state index contributed by atoms with van der Waals surface area (Å²) in [6.07, 6.45) is 5.74. The number of thiophene rings is 1. The zero-order valence-electron chi connectivity index (χ0n) is 14.1. The van der Waals surface area contributed by atoms with Crippen molar-refractivity contribution in [1.29, 1.82) is 0 Å². The lowest BCUT2D eigenvalue weighted by molar-refractivity contribution is -0.110. The third kappa shape index (κ3) is 4.11. The van der Waals surface area contributed by atoms with E-state index in [2.05, 4.69) is 11.6 Å². The van der Waals surface area contributed by atoms with E-state index in [9.17, 15) is 17.8 Å². The Morgan fingerprint density at radius 2 is 1.78 bits per heavy atom. The summed E-state index contributed by atoms with van der Waals surface area (Å²) in [5.74, 6) is -0.319. The molecule has 1 aromatic carbocycles. The van der Waals surface area contributed by atoms with Gasteiger partial charge in [-0.15, -0.1) is 11.3 Å². The van der Waals surface area contributed by atoms with Crippen molar-refractivity contribution >= 4 is 32.8 Å². The van der Waals surface area contributed by atoms with E-state index >= 15 is 0 Å². The van der Waals surface area contributed by atoms with Crippen LogP contribution in [0.15, 0.2) is 83.2 Å². The van der Waals surface area contributed by atoms with Crippen molar-refractivity contribution in [3.05, 3.63) is 90.1 Å². The van der Waals surface area contributed by atoms with E-state index in [4.69, 9.17) is 0 Å². The van der Waals surface area contributed by atoms with E-state index in [1.165, 1.54) is 12.2 Å². The van der Waals surface area contributed by atoms with E-state index in [0.29, 0.717) is 27.8 Å². The predicted molar refractivity (Wildman–Crippen MR) is 106 cm³/mol. The van der Waals surface area contributed by atoms with Crippen molar-refractivity contribution in [1.82, 2.24) is 4.98 Å². The molecule has 3 rings (SSSR count). The zero-order valence-corrected chi connectivity index (χ0v) is 15.7. The Bertz CT molecular complexity index is 1120. The van der Waals surface area contributed by atoms with E-state index in [-0.39, 0.29) is 9.99 Å². The Kier molecular flexibility index (Phi) is 5.46. The molecule has 2 aromatic heterocycles. The normalized spacial score (nSPS) is 12.0. The molecule has 0 atom stereocenters. The van der Waals surface area contributed by atoms with Gasteiger partial charge in [-0.1, -0.05) is 36.9 Å². The maximum absolute atomic E-state index is 12.0. The molecule has 7 heteroatoms. The number of rotatable bonds is 6. The maximum atomic E-state index is 12.0. The lowest BCUT2D eigenvalue weighted by Gasteiger charge is -2.11. The van der Waals surface area contributed by atoms with Crippen LogP contribution < -0.4 is 0 Å². The number of carbonyl (C=O) groups excluding carboxylic acids is 1. The minimum Gasteiger partial charge on any atom is -0.290 e. The molecule has 1 N–H and O–H groups in total. The highest BCUT2D eigenvalue weighted by Gasteiger charge is 2.25. The first-order valence-electron chi connectivity index (χ1n) is 7.85. The largest absolute Gasteiger partial charge is 0.304 e. The minimum absolute atomic E-state index is 0.172. The van der Waals surface area contributed by atoms with E-state index in [1.54, 1.807) is 54.2 Å². The average Bonchev–Trinajstić information content (AvgIpc) is 3.12. The third-order valence-corrected chi connectivity index (χ3v) is 6.19. The van der Waals surface area contributed by atoms with Crippen molar-refractivity contribution in [3.8, 4) is 11.1 Å². The summed E-state index contributed by atoms with van der Waals surface area (Å²) in [4.78, 5) is 16.0. The SMILES string of the molecule is C=CC(=O)/C=C(\c1ccncc1)c1csc(S(=O)(=O)O)c1-c1ccccc1. The van der Waals surface area contributed by atoms with Crippen LogP contribution >= 0.6 is 11.3 Å². The van der Waals surface area contributed by atoms with Crippen LogP contribution in [-0.4, -0.2) is 23.7 Å². The lowest BCUT2D eigenvalue weighted by atomic mass is 9.93. The van der Waals surface area contributed by atoms with Crippen LogP contribution in [-0.2, 0) is 14.9 Å². The van der Waals surface area contributed by atoms with Gasteiger partial charge in [-0.2, -0.15) is 8.42 Å². The summed E-state index contributed by atoms with van der Waals surface area (Å²) >= 11 is 0.904. The number of carbonyl (C=O) groups is 1. The molecular weight excluding hydrogens is 382 g/mol. The molecule has 0 aliphatic rings. The van der Waals surface area contributed by atoms with Crippen molar-refractivity contribution < 1.29 is 17.8 Å². The molecule has 27 heavy (non-hydrogen) atoms. The molecule has 0 unspecified atom stereocenters. The first kappa shape index (κ1) is 18.9. The number of allylic oxidation sites excluding steroid dienone is 2. The van der Waals surface area contributed by atoms with Gasteiger partial charge >= 0.3 is 10.1 Å². The highest BCUT2D eigenvalue weighted by molar-refractivity contribution is 7.88. The quantitative estimate of drug-likeness (QED) is 0.497. The molecule has 0 fully saturated rings. The summed E-state index contributed by atoms with van der Waals surface area (Å²) in [6, 6.07) is 12.3. The van der Waals surface area contributed by atoms with Gasteiger partial charge < -0.3 is 0 Å². The van der Waals surface area contributed by atoms with Gasteiger partial charge in [0.25, 0.3) is 0 Å². The number of ketones is 1. The molecule has 0 aliphatic carbocycles. The first-order chi connectivity index (χ1) is 12.9. The Balaban J connectivity index is 2.34. The van der Waals surface area contributed by atoms with Gasteiger partial charge in [0.15, 0.2) is 9.99 Å². The fraction of sp³-hybridized carbons (Fsp3) is 0. The second-order valence-corrected chi connectivity index (χ2v) is 8.05. The fourth-order valence-corrected chi connectivity index (χ4v) is 4.59. The molecular formula is C20H15NO4S2. The Morgan fingerprint density at radius 1 is 1.11 bits per heavy atom. The summed E-state index contributed by atoms with van der Waals surface area (Å²) < 4.78 is 33.4. The van der Waals surface area contributed by atoms with Gasteiger partial charge in [0, 0.05) is 28.9 Å². The topological polar surface area (TPSA) is 84.3 Å². The Labute approximate surface area is 161 Å². The summed E-state index contributed by atoms with van der Waals surface area (Å²) in [6.45, 7) is 3.49. The van der Waals surface area contributed by atoms with E-state index in [1.807, 2.05) is 6.07 Å². The summed E-state index contributed by atoms with van der Waals surface area (Å²) in [5.41, 5.74) is 2.71. The van der Waals surface area contributed by atoms with Crippen molar-refractivity contribution in [2.45, 2.75) is 4.21 Å². The molecule has 0 spiro atoms. The highest BCUT2D eigenvalue weighted by atomic mass is 32.3. The molecule has 0 saturated carbocycles. The van der Waals surface area contributed by atoms with Crippen LogP contribution in [0.25, 0.3) is 16.7 Å². The summed E-state index contributed by atoms with van der Waals surface area (Å²) in [7, 11) is -4.44. The zero-order chi connectivity index (χ0) is 19.4. The number of hydrogen-bond acceptors (Lipinski definition) is 5. The van der Waals surface area contributed by atoms with Crippen LogP contribution in [0, 0.1) is 0 Å². The molecule has 0 aliphatic heterocycles. The molecule has 0 amide bonds. The van der Waals surface area contributed by atoms with Crippen LogP contribution in [0.4, 0.5) is 0 Å². The molecule has 5 nitrogen and oxygen atoms in total. The number of hydrogen-bond donors (Lipinski definition) is 1. The van der Waals surface area contributed by atoms with Crippen LogP contribution in [0.2, 0.25) is 0 Å². The van der Waals surface area contributed by atoms with Gasteiger partial charge in [0.2, 0.25) is 0 Å². The number of nitrogens with zero attached hydrogens (tertiary/aromatic N) is 1. The first-order valence-corrected chi connectivity index (χ1v) is 10.2. The van der Waals surface area contributed by atoms with Crippen LogP contribution in [0.3, 0.4) is 0 Å². The predicted octanol–water partition coefficient (Wildman–Crippen LogP) is 4.24. The Morgan fingerprint density at radius 3 is 2.37 bits per heavy atom. The van der Waals surface area contributed by atoms with Crippen molar-refractivity contribution in [2.75, 3.05) is 0 Å². The molecule has 2 heterocycles. The average molecular weight is 397 g/mol. The standard InChI is InChI=1S/C20H15NO4S2/c1-2-16(22)12-17(14-8-10-21-11-9-14)18-13-26-20(27(23,24)25)19(18)15-6-4-3-5-7-15/h2-13H,1H2,(H,23,24,25)/b17-12+. The fourth-order valence-electron chi connectivity index (χ4n) is 2.66. The van der Waals surface area contributed by atoms with Gasteiger partial charge in [-0.3, -0.25) is 14.3 Å². The molecule has 3 aromatic rings. The third-order valence-electron chi connectivity index (χ3n) is 3.82. The number of aromatic nitrogens is 1. The number of pyridine rings is 1. The maximum Gasteiger partial charge on any atom is 0.304 e. The number of benzene rings is 1. The van der Waals surface area contributed by atoms with Crippen LogP contribution in [0.1, 0.15) is 11.1 Å². The minimum atomic E-state index is -4.44. The summed E-state index contributed by atoms with van der Waals surface area (Å²) in [5, 5.41) is 1.62. The van der Waals surface area contributed by atoms with Gasteiger partial charge in [0.05, 0.1) is 0 Å². The molecule has 136 valence electrons. The van der Waals surface area contributed by atoms with Crippen LogP contribution in [0.5, 0.6) is 0 Å². The monoisotopic (exact) mass is 397 g/mol. The highest BCUT2D eigenvalue weighted by Crippen LogP contribution is 2.41. The van der Waals surface area contributed by atoms with Crippen molar-refractivity contribution in [3.63, 3.8) is 0 Å². The van der Waals surface area contributed by atoms with Gasteiger partial charge in [-0.05, 0) is 41.0 Å².